The lowest BCUT2D eigenvalue weighted by atomic mass is 10.5. The average molecular weight is 165 g/mol. The summed E-state index contributed by atoms with van der Waals surface area (Å²) in [6.45, 7) is 7.81. The molecule has 0 bridgehead atoms. The summed E-state index contributed by atoms with van der Waals surface area (Å²) in [6.07, 6.45) is 0. The molecule has 0 aliphatic rings. The molecule has 0 amide bonds. The van der Waals surface area contributed by atoms with Crippen LogP contribution in [-0.4, -0.2) is 13.1 Å². The van der Waals surface area contributed by atoms with Crippen LogP contribution in [0.3, 0.4) is 0 Å². The molecule has 1 radical (unpaired) electrons. The molecule has 0 aliphatic heterocycles. The largest absolute Gasteiger partial charge is 0.231 e. The molecule has 0 aromatic carbocycles. The van der Waals surface area contributed by atoms with E-state index < -0.39 is 0 Å². The summed E-state index contributed by atoms with van der Waals surface area (Å²) >= 11 is 10.8. The van der Waals surface area contributed by atoms with E-state index in [9.17, 15) is 0 Å². The first-order chi connectivity index (χ1) is 4.13. The standard InChI is InChI=1S/C6H8Cl2N/c1-5(7)3-9-4-6(2)8/h1-4H2. The molecular weight excluding hydrogens is 157 g/mol. The molecule has 0 saturated heterocycles. The number of nitrogens with zero attached hydrogens (tertiary/aromatic N) is 1. The fourth-order valence-corrected chi connectivity index (χ4v) is 0.468. The van der Waals surface area contributed by atoms with Gasteiger partial charge in [-0.1, -0.05) is 36.4 Å². The molecular formula is C6H8Cl2N. The van der Waals surface area contributed by atoms with Crippen LogP contribution in [0.5, 0.6) is 0 Å². The van der Waals surface area contributed by atoms with Crippen LogP contribution >= 0.6 is 23.2 Å². The van der Waals surface area contributed by atoms with E-state index in [0.717, 1.165) is 0 Å². The fourth-order valence-electron chi connectivity index (χ4n) is 0.299. The first-order valence-electron chi connectivity index (χ1n) is 2.42. The maximum Gasteiger partial charge on any atom is 0.0490 e. The predicted octanol–water partition coefficient (Wildman–Crippen LogP) is 2.10. The highest BCUT2D eigenvalue weighted by molar-refractivity contribution is 6.30. The van der Waals surface area contributed by atoms with Gasteiger partial charge in [0.1, 0.15) is 0 Å². The maximum absolute atomic E-state index is 5.40. The molecule has 0 rings (SSSR count). The summed E-state index contributed by atoms with van der Waals surface area (Å²) in [6, 6.07) is 0. The van der Waals surface area contributed by atoms with Crippen LogP contribution in [0.4, 0.5) is 0 Å². The Balaban J connectivity index is 3.10. The van der Waals surface area contributed by atoms with Crippen LogP contribution in [-0.2, 0) is 0 Å². The summed E-state index contributed by atoms with van der Waals surface area (Å²) < 4.78 is 0. The van der Waals surface area contributed by atoms with Gasteiger partial charge in [-0.25, -0.2) is 5.32 Å². The van der Waals surface area contributed by atoms with Gasteiger partial charge < -0.3 is 0 Å². The van der Waals surface area contributed by atoms with E-state index in [0.29, 0.717) is 23.2 Å². The normalized spacial score (nSPS) is 9.11. The monoisotopic (exact) mass is 164 g/mol. The van der Waals surface area contributed by atoms with Crippen LogP contribution < -0.4 is 5.32 Å². The SMILES string of the molecule is C=C(Cl)C[N]CC(=C)Cl. The lowest BCUT2D eigenvalue weighted by molar-refractivity contribution is 0.811. The molecule has 9 heavy (non-hydrogen) atoms. The minimum absolute atomic E-state index is 0.452. The zero-order valence-electron chi connectivity index (χ0n) is 5.03. The third-order valence-corrected chi connectivity index (χ3v) is 0.806. The summed E-state index contributed by atoms with van der Waals surface area (Å²) in [7, 11) is 0. The fraction of sp³-hybridized carbons (Fsp3) is 0.333. The molecule has 0 fully saturated rings. The summed E-state index contributed by atoms with van der Waals surface area (Å²) in [5.74, 6) is 0. The van der Waals surface area contributed by atoms with Crippen LogP contribution in [0, 0.1) is 0 Å². The second-order valence-electron chi connectivity index (χ2n) is 1.57. The van der Waals surface area contributed by atoms with Crippen molar-refractivity contribution in [3.63, 3.8) is 0 Å². The molecule has 3 heteroatoms. The minimum Gasteiger partial charge on any atom is -0.231 e. The van der Waals surface area contributed by atoms with Crippen molar-refractivity contribution in [3.05, 3.63) is 23.2 Å². The molecule has 0 heterocycles. The number of rotatable bonds is 4. The number of hydrogen-bond donors (Lipinski definition) is 0. The molecule has 0 aromatic heterocycles. The molecule has 0 N–H and O–H groups in total. The van der Waals surface area contributed by atoms with Crippen molar-refractivity contribution in [1.82, 2.24) is 5.32 Å². The van der Waals surface area contributed by atoms with Gasteiger partial charge >= 0.3 is 0 Å². The van der Waals surface area contributed by atoms with E-state index in [1.54, 1.807) is 0 Å². The Kier molecular flexibility index (Phi) is 4.87. The minimum atomic E-state index is 0.452. The Bertz CT molecular complexity index is 106. The van der Waals surface area contributed by atoms with Crippen molar-refractivity contribution in [1.29, 1.82) is 0 Å². The third kappa shape index (κ3) is 8.02. The molecule has 1 nitrogen and oxygen atoms in total. The third-order valence-electron chi connectivity index (χ3n) is 0.567. The van der Waals surface area contributed by atoms with Crippen LogP contribution in [0.1, 0.15) is 0 Å². The molecule has 0 aromatic rings. The van der Waals surface area contributed by atoms with Gasteiger partial charge in [0.05, 0.1) is 0 Å². The molecule has 0 saturated carbocycles. The molecule has 0 unspecified atom stereocenters. The van der Waals surface area contributed by atoms with E-state index in [1.165, 1.54) is 0 Å². The van der Waals surface area contributed by atoms with Crippen molar-refractivity contribution in [2.75, 3.05) is 13.1 Å². The lowest BCUT2D eigenvalue weighted by Gasteiger charge is -1.96. The molecule has 51 valence electrons. The van der Waals surface area contributed by atoms with Crippen molar-refractivity contribution in [3.8, 4) is 0 Å². The van der Waals surface area contributed by atoms with Gasteiger partial charge in [-0.15, -0.1) is 0 Å². The highest BCUT2D eigenvalue weighted by Gasteiger charge is 1.90. The lowest BCUT2D eigenvalue weighted by Crippen LogP contribution is -2.07. The summed E-state index contributed by atoms with van der Waals surface area (Å²) in [5, 5.41) is 4.95. The van der Waals surface area contributed by atoms with E-state index in [4.69, 9.17) is 23.2 Å². The van der Waals surface area contributed by atoms with E-state index in [-0.39, 0.29) is 0 Å². The van der Waals surface area contributed by atoms with Crippen molar-refractivity contribution < 1.29 is 0 Å². The van der Waals surface area contributed by atoms with Crippen molar-refractivity contribution in [2.45, 2.75) is 0 Å². The van der Waals surface area contributed by atoms with E-state index >= 15 is 0 Å². The molecule has 0 spiro atoms. The Morgan fingerprint density at radius 2 is 1.44 bits per heavy atom. The van der Waals surface area contributed by atoms with E-state index in [1.807, 2.05) is 0 Å². The topological polar surface area (TPSA) is 14.1 Å². The van der Waals surface area contributed by atoms with Gasteiger partial charge in [-0.3, -0.25) is 0 Å². The van der Waals surface area contributed by atoms with Gasteiger partial charge in [-0.2, -0.15) is 0 Å². The number of halogens is 2. The Labute approximate surface area is 65.3 Å². The van der Waals surface area contributed by atoms with Crippen molar-refractivity contribution >= 4 is 23.2 Å². The smallest absolute Gasteiger partial charge is 0.0490 e. The highest BCUT2D eigenvalue weighted by atomic mass is 35.5. The second kappa shape index (κ2) is 4.86. The van der Waals surface area contributed by atoms with Crippen LogP contribution in [0.15, 0.2) is 23.2 Å². The first kappa shape index (κ1) is 9.02. The molecule has 0 aliphatic carbocycles. The van der Waals surface area contributed by atoms with Gasteiger partial charge in [0.2, 0.25) is 0 Å². The van der Waals surface area contributed by atoms with Gasteiger partial charge in [0.15, 0.2) is 0 Å². The van der Waals surface area contributed by atoms with E-state index in [2.05, 4.69) is 18.5 Å². The van der Waals surface area contributed by atoms with Crippen LogP contribution in [0.25, 0.3) is 0 Å². The predicted molar refractivity (Wildman–Crippen MR) is 41.9 cm³/mol. The molecule has 0 atom stereocenters. The first-order valence-corrected chi connectivity index (χ1v) is 3.18. The number of hydrogen-bond acceptors (Lipinski definition) is 0. The van der Waals surface area contributed by atoms with Crippen LogP contribution in [0.2, 0.25) is 0 Å². The Hall–Kier alpha value is 0.0200. The van der Waals surface area contributed by atoms with Crippen molar-refractivity contribution in [2.24, 2.45) is 0 Å². The quantitative estimate of drug-likeness (QED) is 0.605. The zero-order valence-corrected chi connectivity index (χ0v) is 6.54. The highest BCUT2D eigenvalue weighted by Crippen LogP contribution is 1.97. The van der Waals surface area contributed by atoms with Gasteiger partial charge in [0.25, 0.3) is 0 Å². The Morgan fingerprint density at radius 3 is 1.67 bits per heavy atom. The zero-order chi connectivity index (χ0) is 7.28. The summed E-state index contributed by atoms with van der Waals surface area (Å²) in [4.78, 5) is 0. The van der Waals surface area contributed by atoms with Gasteiger partial charge in [-0.05, 0) is 0 Å². The summed E-state index contributed by atoms with van der Waals surface area (Å²) in [5.41, 5.74) is 0. The maximum atomic E-state index is 5.40. The average Bonchev–Trinajstić information content (AvgIpc) is 1.63. The van der Waals surface area contributed by atoms with Gasteiger partial charge in [0, 0.05) is 23.2 Å². The Morgan fingerprint density at radius 1 is 1.11 bits per heavy atom. The second-order valence-corrected chi connectivity index (χ2v) is 2.64.